The van der Waals surface area contributed by atoms with Gasteiger partial charge in [0.1, 0.15) is 0 Å². The summed E-state index contributed by atoms with van der Waals surface area (Å²) in [6, 6.07) is 31.5. The zero-order valence-corrected chi connectivity index (χ0v) is 32.5. The van der Waals surface area contributed by atoms with E-state index in [0.29, 0.717) is 0 Å². The first-order chi connectivity index (χ1) is 25.0. The summed E-state index contributed by atoms with van der Waals surface area (Å²) in [5.74, 6) is 0. The van der Waals surface area contributed by atoms with Gasteiger partial charge in [0.05, 0.1) is 0 Å². The monoisotopic (exact) mass is 687 g/mol. The molecule has 0 radical (unpaired) electrons. The lowest BCUT2D eigenvalue weighted by Gasteiger charge is -2.13. The van der Waals surface area contributed by atoms with Gasteiger partial charge in [0.2, 0.25) is 0 Å². The first kappa shape index (κ1) is 40.3. The van der Waals surface area contributed by atoms with Gasteiger partial charge in [0.25, 0.3) is 0 Å². The van der Waals surface area contributed by atoms with Crippen molar-refractivity contribution in [2.24, 2.45) is 0 Å². The van der Waals surface area contributed by atoms with Crippen LogP contribution >= 0.6 is 0 Å². The van der Waals surface area contributed by atoms with Gasteiger partial charge in [-0.25, -0.2) is 0 Å². The molecule has 0 bridgehead atoms. The van der Waals surface area contributed by atoms with Crippen molar-refractivity contribution in [3.8, 4) is 0 Å². The van der Waals surface area contributed by atoms with E-state index in [1.165, 1.54) is 168 Å². The molecule has 0 saturated heterocycles. The topological polar surface area (TPSA) is 52.0 Å². The molecule has 4 rings (SSSR count). The van der Waals surface area contributed by atoms with Crippen LogP contribution in [0.2, 0.25) is 0 Å². The van der Waals surface area contributed by atoms with Crippen LogP contribution in [0.3, 0.4) is 0 Å². The molecule has 0 spiro atoms. The van der Waals surface area contributed by atoms with Crippen LogP contribution in [0.15, 0.2) is 84.9 Å². The van der Waals surface area contributed by atoms with E-state index in [0.717, 1.165) is 24.2 Å². The molecule has 0 saturated carbocycles. The first-order valence-corrected chi connectivity index (χ1v) is 20.9. The minimum atomic E-state index is 0.843. The summed E-state index contributed by atoms with van der Waals surface area (Å²) in [6.45, 7) is 4.59. The number of nitrogen functional groups attached to an aromatic ring is 2. The second-order valence-corrected chi connectivity index (χ2v) is 15.3. The Balaban J connectivity index is 1.11. The van der Waals surface area contributed by atoms with Gasteiger partial charge in [0.15, 0.2) is 0 Å². The number of benzene rings is 4. The minimum absolute atomic E-state index is 0.843. The van der Waals surface area contributed by atoms with Crippen molar-refractivity contribution in [1.82, 2.24) is 0 Å². The van der Waals surface area contributed by atoms with E-state index < -0.39 is 0 Å². The summed E-state index contributed by atoms with van der Waals surface area (Å²) in [7, 11) is 0. The van der Waals surface area contributed by atoms with E-state index in [4.69, 9.17) is 11.5 Å². The van der Waals surface area contributed by atoms with Gasteiger partial charge >= 0.3 is 0 Å². The zero-order valence-electron chi connectivity index (χ0n) is 32.5. The van der Waals surface area contributed by atoms with Crippen LogP contribution in [0.1, 0.15) is 168 Å². The van der Waals surface area contributed by atoms with Crippen molar-refractivity contribution < 1.29 is 0 Å². The molecule has 2 nitrogen and oxygen atoms in total. The first-order valence-electron chi connectivity index (χ1n) is 20.9. The highest BCUT2D eigenvalue weighted by Gasteiger charge is 2.08. The third-order valence-electron chi connectivity index (χ3n) is 10.8. The molecule has 4 N–H and O–H groups in total. The van der Waals surface area contributed by atoms with E-state index in [2.05, 4.69) is 74.5 Å². The Hall–Kier alpha value is -3.52. The van der Waals surface area contributed by atoms with Crippen molar-refractivity contribution in [3.63, 3.8) is 0 Å². The van der Waals surface area contributed by atoms with Gasteiger partial charge in [-0.3, -0.25) is 0 Å². The van der Waals surface area contributed by atoms with Crippen LogP contribution in [0.4, 0.5) is 11.4 Å². The molecular weight excluding hydrogens is 617 g/mol. The molecule has 0 atom stereocenters. The van der Waals surface area contributed by atoms with Gasteiger partial charge in [0, 0.05) is 11.4 Å². The molecule has 0 aromatic heterocycles. The molecule has 0 aliphatic carbocycles. The van der Waals surface area contributed by atoms with Crippen LogP contribution < -0.4 is 11.5 Å². The van der Waals surface area contributed by atoms with Crippen molar-refractivity contribution >= 4 is 11.4 Å². The van der Waals surface area contributed by atoms with Crippen LogP contribution in [-0.4, -0.2) is 0 Å². The highest BCUT2D eigenvalue weighted by molar-refractivity contribution is 5.43. The lowest BCUT2D eigenvalue weighted by molar-refractivity contribution is 0.558. The second kappa shape index (κ2) is 23.9. The number of unbranched alkanes of at least 4 members (excludes halogenated alkanes) is 14. The van der Waals surface area contributed by atoms with Crippen LogP contribution in [-0.2, 0) is 38.5 Å². The van der Waals surface area contributed by atoms with Gasteiger partial charge < -0.3 is 11.5 Å². The maximum absolute atomic E-state index is 5.93. The molecule has 0 aliphatic heterocycles. The Bertz CT molecular complexity index is 1390. The third kappa shape index (κ3) is 15.7. The Labute approximate surface area is 312 Å². The lowest BCUT2D eigenvalue weighted by Crippen LogP contribution is -1.99. The molecule has 276 valence electrons. The molecule has 0 heterocycles. The zero-order chi connectivity index (χ0) is 35.9. The van der Waals surface area contributed by atoms with Gasteiger partial charge in [-0.15, -0.1) is 0 Å². The van der Waals surface area contributed by atoms with E-state index in [-0.39, 0.29) is 0 Å². The van der Waals surface area contributed by atoms with Crippen molar-refractivity contribution in [2.45, 2.75) is 162 Å². The summed E-state index contributed by atoms with van der Waals surface area (Å²) in [4.78, 5) is 0. The number of anilines is 2. The van der Waals surface area contributed by atoms with Gasteiger partial charge in [-0.1, -0.05) is 158 Å². The molecule has 0 unspecified atom stereocenters. The summed E-state index contributed by atoms with van der Waals surface area (Å²) in [5.41, 5.74) is 25.4. The summed E-state index contributed by atoms with van der Waals surface area (Å²) in [5, 5.41) is 0. The van der Waals surface area contributed by atoms with E-state index in [1.807, 2.05) is 24.3 Å². The average Bonchev–Trinajstić information content (AvgIpc) is 3.14. The fourth-order valence-corrected chi connectivity index (χ4v) is 7.57. The molecule has 2 heteroatoms. The molecule has 4 aromatic rings. The molecule has 4 aromatic carbocycles. The predicted octanol–water partition coefficient (Wildman–Crippen LogP) is 13.6. The Kier molecular flexibility index (Phi) is 18.8. The van der Waals surface area contributed by atoms with Gasteiger partial charge in [-0.05, 0) is 133 Å². The molecule has 0 fully saturated rings. The van der Waals surface area contributed by atoms with E-state index in [1.54, 1.807) is 11.1 Å². The Morgan fingerprint density at radius 3 is 1.00 bits per heavy atom. The highest BCUT2D eigenvalue weighted by atomic mass is 14.5. The van der Waals surface area contributed by atoms with E-state index in [9.17, 15) is 0 Å². The molecular formula is C49H70N2. The molecule has 51 heavy (non-hydrogen) atoms. The number of hydrogen-bond acceptors (Lipinski definition) is 2. The van der Waals surface area contributed by atoms with Crippen molar-refractivity contribution in [2.75, 3.05) is 11.5 Å². The Morgan fingerprint density at radius 1 is 0.314 bits per heavy atom. The fraction of sp³-hybridized carbons (Fsp3) is 0.510. The van der Waals surface area contributed by atoms with Crippen molar-refractivity contribution in [3.05, 3.63) is 129 Å². The third-order valence-corrected chi connectivity index (χ3v) is 10.8. The van der Waals surface area contributed by atoms with Crippen LogP contribution in [0, 0.1) is 0 Å². The largest absolute Gasteiger partial charge is 0.399 e. The maximum atomic E-state index is 5.93. The molecule has 0 aliphatic rings. The minimum Gasteiger partial charge on any atom is -0.399 e. The van der Waals surface area contributed by atoms with Gasteiger partial charge in [-0.2, -0.15) is 0 Å². The summed E-state index contributed by atoms with van der Waals surface area (Å²) in [6.07, 6.45) is 29.6. The maximum Gasteiger partial charge on any atom is 0.0314 e. The standard InChI is InChI=1S/C49H70N2/c1-3-5-7-18-22-44-36-40(24-30-46(44)38-42-26-32-48(50)33-27-42)20-16-14-12-10-9-11-13-15-17-21-41-25-31-47(39-43-28-34-49(51)35-29-43)45(37-41)23-19-8-6-4-2/h24-37H,3-23,38-39,50-51H2,1-2H3. The summed E-state index contributed by atoms with van der Waals surface area (Å²) >= 11 is 0. The average molecular weight is 687 g/mol. The van der Waals surface area contributed by atoms with Crippen molar-refractivity contribution in [1.29, 1.82) is 0 Å². The molecule has 0 amide bonds. The normalized spacial score (nSPS) is 11.3. The van der Waals surface area contributed by atoms with Crippen LogP contribution in [0.5, 0.6) is 0 Å². The van der Waals surface area contributed by atoms with E-state index >= 15 is 0 Å². The second-order valence-electron chi connectivity index (χ2n) is 15.3. The smallest absolute Gasteiger partial charge is 0.0314 e. The highest BCUT2D eigenvalue weighted by Crippen LogP contribution is 2.24. The number of aryl methyl sites for hydroxylation is 4. The summed E-state index contributed by atoms with van der Waals surface area (Å²) < 4.78 is 0. The number of rotatable bonds is 26. The van der Waals surface area contributed by atoms with Crippen LogP contribution in [0.25, 0.3) is 0 Å². The predicted molar refractivity (Wildman–Crippen MR) is 225 cm³/mol. The SMILES string of the molecule is CCCCCCc1cc(CCCCCCCCCCCc2ccc(Cc3ccc(N)cc3)c(CCCCCC)c2)ccc1Cc1ccc(N)cc1. The number of nitrogens with two attached hydrogens (primary N) is 2. The lowest BCUT2D eigenvalue weighted by atomic mass is 9.92. The fourth-order valence-electron chi connectivity index (χ4n) is 7.57. The Morgan fingerprint density at radius 2 is 0.627 bits per heavy atom. The quantitative estimate of drug-likeness (QED) is 0.0510. The number of hydrogen-bond donors (Lipinski definition) is 2.